The first-order valence-corrected chi connectivity index (χ1v) is 21.8. The predicted octanol–water partition coefficient (Wildman–Crippen LogP) is 9.91. The van der Waals surface area contributed by atoms with Gasteiger partial charge in [0.1, 0.15) is 5.78 Å². The van der Waals surface area contributed by atoms with Gasteiger partial charge in [-0.05, 0) is 133 Å². The lowest BCUT2D eigenvalue weighted by atomic mass is 9.60. The largest absolute Gasteiger partial charge is 0.487 e. The molecular formula is C41H68O7S2. The van der Waals surface area contributed by atoms with Gasteiger partial charge in [0.15, 0.2) is 0 Å². The molecule has 0 aromatic heterocycles. The monoisotopic (exact) mass is 736 g/mol. The van der Waals surface area contributed by atoms with Crippen LogP contribution >= 0.6 is 0 Å². The van der Waals surface area contributed by atoms with Crippen LogP contribution in [0.3, 0.4) is 0 Å². The standard InChI is InChI=1S/C21H36O3S.C20H32O4S/c1-15-9-8-14-21(6)17(15)11-12-18(21)16(2)10-13-19(24-7)25(22,23)20(3,4)5;1-14(9-12-18(24-6)25(22,23)19(2,3)4)15-10-11-16-17(21)8-7-13-20(15,16)5/h12-13,15-17H,8-11,14H2,1-7H3;10,12,14,16H,7-9,11,13H2,1-6H3/b19-13+;18-12+/t15-,16+,17-,21-;14-,16+,20-/m01/s1. The Bertz CT molecular complexity index is 1580. The van der Waals surface area contributed by atoms with Crippen LogP contribution in [0.2, 0.25) is 0 Å². The van der Waals surface area contributed by atoms with Crippen LogP contribution in [0.4, 0.5) is 0 Å². The van der Waals surface area contributed by atoms with Crippen LogP contribution in [-0.4, -0.2) is 46.3 Å². The van der Waals surface area contributed by atoms with Crippen molar-refractivity contribution in [1.82, 2.24) is 0 Å². The third kappa shape index (κ3) is 8.34. The van der Waals surface area contributed by atoms with Gasteiger partial charge in [-0.1, -0.05) is 70.8 Å². The fourth-order valence-corrected chi connectivity index (χ4v) is 11.5. The Morgan fingerprint density at radius 1 is 0.800 bits per heavy atom. The average Bonchev–Trinajstić information content (AvgIpc) is 3.55. The highest BCUT2D eigenvalue weighted by molar-refractivity contribution is 7.96. The molecule has 286 valence electrons. The summed E-state index contributed by atoms with van der Waals surface area (Å²) in [5.41, 5.74) is 3.08. The van der Waals surface area contributed by atoms with Crippen molar-refractivity contribution < 1.29 is 31.1 Å². The maximum absolute atomic E-state index is 12.6. The summed E-state index contributed by atoms with van der Waals surface area (Å²) in [5.74, 6) is 2.58. The van der Waals surface area contributed by atoms with Crippen molar-refractivity contribution in [3.8, 4) is 0 Å². The third-order valence-electron chi connectivity index (χ3n) is 12.5. The molecule has 4 aliphatic rings. The average molecular weight is 737 g/mol. The summed E-state index contributed by atoms with van der Waals surface area (Å²) >= 11 is 0. The topological polar surface area (TPSA) is 104 Å². The molecule has 4 aliphatic carbocycles. The molecule has 7 atom stereocenters. The molecule has 0 amide bonds. The van der Waals surface area contributed by atoms with E-state index in [1.54, 1.807) is 53.7 Å². The predicted molar refractivity (Wildman–Crippen MR) is 206 cm³/mol. The maximum Gasteiger partial charge on any atom is 0.215 e. The number of rotatable bonds is 10. The van der Waals surface area contributed by atoms with Crippen LogP contribution in [0.5, 0.6) is 0 Å². The highest BCUT2D eigenvalue weighted by Gasteiger charge is 2.48. The molecule has 7 nitrogen and oxygen atoms in total. The zero-order valence-corrected chi connectivity index (χ0v) is 35.1. The summed E-state index contributed by atoms with van der Waals surface area (Å²) in [6.45, 7) is 21.5. The lowest BCUT2D eigenvalue weighted by Gasteiger charge is -2.44. The lowest BCUT2D eigenvalue weighted by molar-refractivity contribution is -0.128. The smallest absolute Gasteiger partial charge is 0.215 e. The number of carbonyl (C=O) groups excluding carboxylic acids is 1. The second-order valence-corrected chi connectivity index (χ2v) is 23.2. The molecule has 0 aromatic carbocycles. The number of sulfone groups is 2. The lowest BCUT2D eigenvalue weighted by Crippen LogP contribution is -2.36. The fourth-order valence-electron chi connectivity index (χ4n) is 9.23. The summed E-state index contributed by atoms with van der Waals surface area (Å²) in [6.07, 6.45) is 18.1. The minimum absolute atomic E-state index is 0.0480. The van der Waals surface area contributed by atoms with E-state index in [1.807, 2.05) is 0 Å². The number of methoxy groups -OCH3 is 2. The molecule has 4 rings (SSSR count). The second kappa shape index (κ2) is 15.6. The number of fused-ring (bicyclic) bond motifs is 2. The molecule has 0 spiro atoms. The highest BCUT2D eigenvalue weighted by Crippen LogP contribution is 2.57. The number of ether oxygens (including phenoxy) is 2. The number of hydrogen-bond acceptors (Lipinski definition) is 7. The SMILES string of the molecule is CO/C(=C\C[C@@H](C)C1=CC[C@H]2C(=O)CCC[C@]12C)S(=O)(=O)C(C)(C)C.CO/C(=C\C[C@@H](C)C1=CC[C@H]2[C@@H](C)CCC[C@]12C)S(=O)(=O)C(C)(C)C. The minimum Gasteiger partial charge on any atom is -0.487 e. The van der Waals surface area contributed by atoms with Gasteiger partial charge in [-0.25, -0.2) is 16.8 Å². The molecule has 2 saturated carbocycles. The van der Waals surface area contributed by atoms with Crippen LogP contribution < -0.4 is 0 Å². The molecule has 0 bridgehead atoms. The summed E-state index contributed by atoms with van der Waals surface area (Å²) in [7, 11) is -4.06. The summed E-state index contributed by atoms with van der Waals surface area (Å²) < 4.78 is 59.2. The molecule has 0 saturated heterocycles. The fraction of sp³-hybridized carbons (Fsp3) is 0.780. The van der Waals surface area contributed by atoms with Gasteiger partial charge in [-0.2, -0.15) is 0 Å². The molecule has 50 heavy (non-hydrogen) atoms. The third-order valence-corrected chi connectivity index (χ3v) is 17.5. The van der Waals surface area contributed by atoms with E-state index >= 15 is 0 Å². The van der Waals surface area contributed by atoms with Gasteiger partial charge < -0.3 is 9.47 Å². The summed E-state index contributed by atoms with van der Waals surface area (Å²) in [5, 5.41) is 0.163. The van der Waals surface area contributed by atoms with E-state index in [-0.39, 0.29) is 27.4 Å². The maximum atomic E-state index is 12.6. The normalized spacial score (nSPS) is 30.7. The Morgan fingerprint density at radius 3 is 1.70 bits per heavy atom. The van der Waals surface area contributed by atoms with Gasteiger partial charge in [-0.15, -0.1) is 0 Å². The van der Waals surface area contributed by atoms with Gasteiger partial charge in [0, 0.05) is 12.3 Å². The quantitative estimate of drug-likeness (QED) is 0.162. The van der Waals surface area contributed by atoms with Crippen molar-refractivity contribution in [3.63, 3.8) is 0 Å². The Labute approximate surface area is 305 Å². The minimum atomic E-state index is -3.49. The zero-order valence-electron chi connectivity index (χ0n) is 33.4. The van der Waals surface area contributed by atoms with E-state index < -0.39 is 29.2 Å². The van der Waals surface area contributed by atoms with E-state index in [4.69, 9.17) is 9.47 Å². The Morgan fingerprint density at radius 2 is 1.24 bits per heavy atom. The summed E-state index contributed by atoms with van der Waals surface area (Å²) in [6, 6.07) is 0. The van der Waals surface area contributed by atoms with E-state index in [0.717, 1.165) is 31.1 Å². The zero-order chi connectivity index (χ0) is 38.1. The number of hydrogen-bond donors (Lipinski definition) is 0. The molecule has 0 N–H and O–H groups in total. The van der Waals surface area contributed by atoms with Crippen LogP contribution in [0.25, 0.3) is 0 Å². The van der Waals surface area contributed by atoms with E-state index in [9.17, 15) is 21.6 Å². The Balaban J connectivity index is 0.000000270. The van der Waals surface area contributed by atoms with Crippen molar-refractivity contribution >= 4 is 25.5 Å². The van der Waals surface area contributed by atoms with Crippen LogP contribution in [0.15, 0.2) is 45.6 Å². The van der Waals surface area contributed by atoms with Crippen molar-refractivity contribution in [2.75, 3.05) is 14.2 Å². The van der Waals surface area contributed by atoms with E-state index in [1.165, 1.54) is 51.0 Å². The molecule has 0 aromatic rings. The van der Waals surface area contributed by atoms with Crippen LogP contribution in [-0.2, 0) is 33.9 Å². The second-order valence-electron chi connectivity index (χ2n) is 17.9. The molecule has 0 radical (unpaired) electrons. The molecule has 2 fully saturated rings. The van der Waals surface area contributed by atoms with Crippen LogP contribution in [0.1, 0.15) is 140 Å². The van der Waals surface area contributed by atoms with Gasteiger partial charge in [0.05, 0.1) is 23.7 Å². The molecule has 0 heterocycles. The van der Waals surface area contributed by atoms with E-state index in [2.05, 4.69) is 46.8 Å². The molecule has 9 heteroatoms. The highest BCUT2D eigenvalue weighted by atomic mass is 32.2. The van der Waals surface area contributed by atoms with Crippen molar-refractivity contribution in [2.45, 2.75) is 150 Å². The molecule has 0 aliphatic heterocycles. The van der Waals surface area contributed by atoms with Crippen molar-refractivity contribution in [1.29, 1.82) is 0 Å². The van der Waals surface area contributed by atoms with Crippen LogP contribution in [0, 0.1) is 40.4 Å². The number of allylic oxidation sites excluding steroid dienone is 6. The first kappa shape index (κ1) is 42.5. The van der Waals surface area contributed by atoms with Crippen molar-refractivity contribution in [2.24, 2.45) is 40.4 Å². The van der Waals surface area contributed by atoms with Gasteiger partial charge in [0.2, 0.25) is 29.9 Å². The molecular weight excluding hydrogens is 669 g/mol. The first-order chi connectivity index (χ1) is 22.9. The van der Waals surface area contributed by atoms with Gasteiger partial charge in [0.25, 0.3) is 0 Å². The molecule has 0 unspecified atom stereocenters. The number of ketones is 1. The number of Topliss-reactive ketones (excluding diaryl/α,β-unsaturated/α-hetero) is 1. The first-order valence-electron chi connectivity index (χ1n) is 18.8. The number of carbonyl (C=O) groups is 1. The Kier molecular flexibility index (Phi) is 13.3. The summed E-state index contributed by atoms with van der Waals surface area (Å²) in [4.78, 5) is 12.3. The van der Waals surface area contributed by atoms with Gasteiger partial charge >= 0.3 is 0 Å². The van der Waals surface area contributed by atoms with Crippen molar-refractivity contribution in [3.05, 3.63) is 45.6 Å². The van der Waals surface area contributed by atoms with Gasteiger partial charge in [-0.3, -0.25) is 4.79 Å². The Hall–Kier alpha value is -1.87. The van der Waals surface area contributed by atoms with E-state index in [0.29, 0.717) is 36.4 Å².